The predicted molar refractivity (Wildman–Crippen MR) is 60.0 cm³/mol. The van der Waals surface area contributed by atoms with Crippen molar-refractivity contribution in [3.05, 3.63) is 23.9 Å². The zero-order valence-corrected chi connectivity index (χ0v) is 8.81. The van der Waals surface area contributed by atoms with Gasteiger partial charge in [0.25, 0.3) is 5.91 Å². The van der Waals surface area contributed by atoms with Crippen LogP contribution in [0.5, 0.6) is 0 Å². The molecule has 1 aliphatic heterocycles. The normalized spacial score (nSPS) is 30.9. The van der Waals surface area contributed by atoms with Gasteiger partial charge in [0.15, 0.2) is 0 Å². The first-order chi connectivity index (χ1) is 7.77. The number of nitrogens with zero attached hydrogens (tertiary/aromatic N) is 1. The van der Waals surface area contributed by atoms with Crippen molar-refractivity contribution in [2.75, 3.05) is 18.4 Å². The number of nitrogens with one attached hydrogen (secondary N) is 2. The van der Waals surface area contributed by atoms with Gasteiger partial charge in [0.2, 0.25) is 0 Å². The molecule has 1 amide bonds. The Balaban J connectivity index is 1.77. The van der Waals surface area contributed by atoms with Crippen molar-refractivity contribution >= 4 is 11.7 Å². The van der Waals surface area contributed by atoms with Gasteiger partial charge in [0.1, 0.15) is 5.82 Å². The van der Waals surface area contributed by atoms with Crippen LogP contribution in [0.3, 0.4) is 0 Å². The van der Waals surface area contributed by atoms with Crippen molar-refractivity contribution < 1.29 is 4.79 Å². The third-order valence-electron chi connectivity index (χ3n) is 3.47. The van der Waals surface area contributed by atoms with Crippen molar-refractivity contribution in [1.82, 2.24) is 10.3 Å². The van der Waals surface area contributed by atoms with Gasteiger partial charge in [0, 0.05) is 25.3 Å². The van der Waals surface area contributed by atoms with E-state index >= 15 is 0 Å². The smallest absolute Gasteiger partial charge is 0.252 e. The number of aromatic nitrogens is 1. The van der Waals surface area contributed by atoms with E-state index in [0.717, 1.165) is 13.1 Å². The number of carbonyl (C=O) groups excluding carboxylic acids is 1. The topological polar surface area (TPSA) is 80.0 Å². The second kappa shape index (κ2) is 3.45. The summed E-state index contributed by atoms with van der Waals surface area (Å²) in [5.74, 6) is 1.55. The number of anilines is 1. The maximum absolute atomic E-state index is 11.2. The molecule has 0 bridgehead atoms. The zero-order valence-electron chi connectivity index (χ0n) is 8.81. The largest absolute Gasteiger partial charge is 0.366 e. The van der Waals surface area contributed by atoms with Gasteiger partial charge in [-0.2, -0.15) is 0 Å². The van der Waals surface area contributed by atoms with Gasteiger partial charge < -0.3 is 16.4 Å². The van der Waals surface area contributed by atoms with E-state index in [0.29, 0.717) is 29.3 Å². The van der Waals surface area contributed by atoms with Gasteiger partial charge in [-0.05, 0) is 24.0 Å². The maximum atomic E-state index is 11.2. The van der Waals surface area contributed by atoms with Crippen molar-refractivity contribution in [1.29, 1.82) is 0 Å². The molecule has 0 radical (unpaired) electrons. The Labute approximate surface area is 93.4 Å². The summed E-state index contributed by atoms with van der Waals surface area (Å²) in [6, 6.07) is 3.88. The number of pyridine rings is 1. The second-order valence-corrected chi connectivity index (χ2v) is 4.42. The molecule has 0 aromatic carbocycles. The molecule has 1 aromatic heterocycles. The molecule has 3 rings (SSSR count). The molecule has 1 aromatic rings. The molecule has 2 fully saturated rings. The fraction of sp³-hybridized carbons (Fsp3) is 0.455. The summed E-state index contributed by atoms with van der Waals surface area (Å²) in [5.41, 5.74) is 5.77. The van der Waals surface area contributed by atoms with E-state index in [1.807, 2.05) is 0 Å². The number of hydrogen-bond donors (Lipinski definition) is 3. The summed E-state index contributed by atoms with van der Waals surface area (Å²) in [6.45, 7) is 2.11. The lowest BCUT2D eigenvalue weighted by Crippen LogP contribution is -2.23. The average molecular weight is 218 g/mol. The molecule has 2 aliphatic rings. The first-order valence-corrected chi connectivity index (χ1v) is 5.49. The lowest BCUT2D eigenvalue weighted by Gasteiger charge is -2.10. The molecule has 1 saturated heterocycles. The first-order valence-electron chi connectivity index (χ1n) is 5.49. The number of piperidine rings is 1. The van der Waals surface area contributed by atoms with Crippen LogP contribution >= 0.6 is 0 Å². The average Bonchev–Trinajstić information content (AvgIpc) is 2.75. The number of amides is 1. The summed E-state index contributed by atoms with van der Waals surface area (Å²) >= 11 is 0. The molecule has 4 N–H and O–H groups in total. The molecule has 84 valence electrons. The second-order valence-electron chi connectivity index (χ2n) is 4.42. The van der Waals surface area contributed by atoms with E-state index in [4.69, 9.17) is 5.73 Å². The Hall–Kier alpha value is -1.62. The van der Waals surface area contributed by atoms with Crippen LogP contribution in [0.1, 0.15) is 10.4 Å². The number of nitrogens with two attached hydrogens (primary N) is 1. The number of rotatable bonds is 3. The Kier molecular flexibility index (Phi) is 2.07. The fourth-order valence-electron chi connectivity index (χ4n) is 2.51. The highest BCUT2D eigenvalue weighted by Crippen LogP contribution is 2.43. The minimum Gasteiger partial charge on any atom is -0.366 e. The number of primary amides is 1. The van der Waals surface area contributed by atoms with E-state index in [1.165, 1.54) is 0 Å². The molecule has 1 saturated carbocycles. The molecule has 0 spiro atoms. The third kappa shape index (κ3) is 1.44. The molecule has 5 nitrogen and oxygen atoms in total. The van der Waals surface area contributed by atoms with Crippen molar-refractivity contribution in [3.63, 3.8) is 0 Å². The van der Waals surface area contributed by atoms with E-state index in [2.05, 4.69) is 15.6 Å². The lowest BCUT2D eigenvalue weighted by molar-refractivity contribution is 0.100. The van der Waals surface area contributed by atoms with Crippen LogP contribution in [0.15, 0.2) is 18.3 Å². The number of carbonyl (C=O) groups is 1. The number of fused-ring (bicyclic) bond motifs is 1. The molecule has 5 heteroatoms. The van der Waals surface area contributed by atoms with Gasteiger partial charge in [0.05, 0.1) is 5.56 Å². The Morgan fingerprint density at radius 2 is 2.25 bits per heavy atom. The Morgan fingerprint density at radius 1 is 1.50 bits per heavy atom. The van der Waals surface area contributed by atoms with E-state index in [1.54, 1.807) is 18.3 Å². The fourth-order valence-corrected chi connectivity index (χ4v) is 2.51. The van der Waals surface area contributed by atoms with Gasteiger partial charge in [-0.3, -0.25) is 4.79 Å². The monoisotopic (exact) mass is 218 g/mol. The summed E-state index contributed by atoms with van der Waals surface area (Å²) < 4.78 is 0. The quantitative estimate of drug-likeness (QED) is 0.657. The highest BCUT2D eigenvalue weighted by molar-refractivity contribution is 5.97. The first kappa shape index (κ1) is 9.59. The van der Waals surface area contributed by atoms with Crippen LogP contribution in [0.4, 0.5) is 5.82 Å². The predicted octanol–water partition coefficient (Wildman–Crippen LogP) is -0.190. The zero-order chi connectivity index (χ0) is 11.1. The Bertz CT molecular complexity index is 424. The van der Waals surface area contributed by atoms with Crippen LogP contribution < -0.4 is 16.4 Å². The molecular formula is C11H14N4O. The van der Waals surface area contributed by atoms with Crippen molar-refractivity contribution in [3.8, 4) is 0 Å². The highest BCUT2D eigenvalue weighted by Gasteiger charge is 2.53. The van der Waals surface area contributed by atoms with Crippen molar-refractivity contribution in [2.45, 2.75) is 6.04 Å². The Morgan fingerprint density at radius 3 is 2.94 bits per heavy atom. The van der Waals surface area contributed by atoms with Gasteiger partial charge >= 0.3 is 0 Å². The SMILES string of the molecule is NC(=O)c1cccnc1NC1C2CNCC21. The van der Waals surface area contributed by atoms with Crippen LogP contribution in [-0.2, 0) is 0 Å². The van der Waals surface area contributed by atoms with E-state index in [9.17, 15) is 4.79 Å². The van der Waals surface area contributed by atoms with Crippen LogP contribution in [0.25, 0.3) is 0 Å². The van der Waals surface area contributed by atoms with Gasteiger partial charge in [-0.1, -0.05) is 0 Å². The van der Waals surface area contributed by atoms with Crippen molar-refractivity contribution in [2.24, 2.45) is 17.6 Å². The summed E-state index contributed by atoms with van der Waals surface area (Å²) in [7, 11) is 0. The molecular weight excluding hydrogens is 204 g/mol. The van der Waals surface area contributed by atoms with E-state index in [-0.39, 0.29) is 0 Å². The van der Waals surface area contributed by atoms with Crippen LogP contribution in [-0.4, -0.2) is 30.0 Å². The summed E-state index contributed by atoms with van der Waals surface area (Å²) in [4.78, 5) is 15.4. The van der Waals surface area contributed by atoms with E-state index < -0.39 is 5.91 Å². The lowest BCUT2D eigenvalue weighted by atomic mass is 10.2. The molecule has 2 unspecified atom stereocenters. The van der Waals surface area contributed by atoms with Gasteiger partial charge in [-0.15, -0.1) is 0 Å². The third-order valence-corrected chi connectivity index (χ3v) is 3.47. The molecule has 16 heavy (non-hydrogen) atoms. The maximum Gasteiger partial charge on any atom is 0.252 e. The number of hydrogen-bond acceptors (Lipinski definition) is 4. The van der Waals surface area contributed by atoms with Crippen LogP contribution in [0, 0.1) is 11.8 Å². The van der Waals surface area contributed by atoms with Gasteiger partial charge in [-0.25, -0.2) is 4.98 Å². The highest BCUT2D eigenvalue weighted by atomic mass is 16.1. The molecule has 2 heterocycles. The van der Waals surface area contributed by atoms with Crippen LogP contribution in [0.2, 0.25) is 0 Å². The molecule has 2 atom stereocenters. The minimum absolute atomic E-state index is 0.431. The minimum atomic E-state index is -0.431. The molecule has 1 aliphatic carbocycles. The summed E-state index contributed by atoms with van der Waals surface area (Å²) in [5, 5.41) is 6.64. The summed E-state index contributed by atoms with van der Waals surface area (Å²) in [6.07, 6.45) is 1.67. The standard InChI is InChI=1S/C11H14N4O/c12-10(16)6-2-1-3-14-11(6)15-9-7-4-13-5-8(7)9/h1-3,7-9,13H,4-5H2,(H2,12,16)(H,14,15).